The number of hydrogen-bond acceptors (Lipinski definition) is 3. The first kappa shape index (κ1) is 13.5. The summed E-state index contributed by atoms with van der Waals surface area (Å²) < 4.78 is 0. The third-order valence-electron chi connectivity index (χ3n) is 3.48. The van der Waals surface area contributed by atoms with Crippen molar-refractivity contribution in [2.45, 2.75) is 45.2 Å². The minimum Gasteiger partial charge on any atom is -0.353 e. The molecule has 1 amide bonds. The Labute approximate surface area is 98.8 Å². The predicted molar refractivity (Wildman–Crippen MR) is 66.4 cm³/mol. The summed E-state index contributed by atoms with van der Waals surface area (Å²) >= 11 is 0. The van der Waals surface area contributed by atoms with Crippen LogP contribution in [0, 0.1) is 0 Å². The van der Waals surface area contributed by atoms with Gasteiger partial charge in [0.2, 0.25) is 5.91 Å². The molecule has 4 nitrogen and oxygen atoms in total. The molecule has 0 aromatic rings. The van der Waals surface area contributed by atoms with Crippen LogP contribution in [-0.4, -0.2) is 49.6 Å². The summed E-state index contributed by atoms with van der Waals surface area (Å²) in [5, 5.41) is 6.19. The van der Waals surface area contributed by atoms with Gasteiger partial charge in [-0.3, -0.25) is 4.79 Å². The van der Waals surface area contributed by atoms with Crippen molar-refractivity contribution in [3.63, 3.8) is 0 Å². The molecule has 16 heavy (non-hydrogen) atoms. The fourth-order valence-electron chi connectivity index (χ4n) is 1.92. The van der Waals surface area contributed by atoms with E-state index in [0.29, 0.717) is 6.04 Å². The summed E-state index contributed by atoms with van der Waals surface area (Å²) in [5.74, 6) is 0.162. The normalized spacial score (nSPS) is 22.4. The van der Waals surface area contributed by atoms with Crippen LogP contribution in [-0.2, 0) is 4.79 Å². The van der Waals surface area contributed by atoms with Crippen LogP contribution < -0.4 is 10.6 Å². The van der Waals surface area contributed by atoms with E-state index < -0.39 is 0 Å². The van der Waals surface area contributed by atoms with Gasteiger partial charge in [0.05, 0.1) is 6.04 Å². The van der Waals surface area contributed by atoms with Crippen LogP contribution >= 0.6 is 0 Å². The van der Waals surface area contributed by atoms with Crippen LogP contribution in [0.2, 0.25) is 0 Å². The number of nitrogens with zero attached hydrogens (tertiary/aromatic N) is 1. The smallest absolute Gasteiger partial charge is 0.237 e. The average molecular weight is 227 g/mol. The first-order valence-corrected chi connectivity index (χ1v) is 6.36. The lowest BCUT2D eigenvalue weighted by atomic mass is 10.2. The molecule has 2 N–H and O–H groups in total. The molecule has 1 rings (SSSR count). The average Bonchev–Trinajstić information content (AvgIpc) is 2.81. The van der Waals surface area contributed by atoms with Crippen LogP contribution in [0.5, 0.6) is 0 Å². The Morgan fingerprint density at radius 1 is 1.62 bits per heavy atom. The van der Waals surface area contributed by atoms with Crippen molar-refractivity contribution in [1.82, 2.24) is 15.5 Å². The molecular formula is C12H25N3O. The number of carbonyl (C=O) groups excluding carboxylic acids is 1. The molecule has 0 saturated carbocycles. The second-order valence-corrected chi connectivity index (χ2v) is 4.68. The van der Waals surface area contributed by atoms with Gasteiger partial charge in [-0.1, -0.05) is 6.92 Å². The molecule has 1 aliphatic rings. The monoisotopic (exact) mass is 227 g/mol. The van der Waals surface area contributed by atoms with Gasteiger partial charge in [-0.2, -0.15) is 0 Å². The van der Waals surface area contributed by atoms with Crippen LogP contribution in [0.3, 0.4) is 0 Å². The maximum absolute atomic E-state index is 11.7. The Kier molecular flexibility index (Phi) is 5.77. The third-order valence-corrected chi connectivity index (χ3v) is 3.48. The highest BCUT2D eigenvalue weighted by atomic mass is 16.2. The zero-order valence-corrected chi connectivity index (χ0v) is 10.8. The molecule has 94 valence electrons. The molecule has 0 aromatic heterocycles. The van der Waals surface area contributed by atoms with Gasteiger partial charge in [-0.05, 0) is 39.8 Å². The van der Waals surface area contributed by atoms with Gasteiger partial charge in [0.25, 0.3) is 0 Å². The van der Waals surface area contributed by atoms with Gasteiger partial charge in [-0.25, -0.2) is 0 Å². The molecule has 0 radical (unpaired) electrons. The van der Waals surface area contributed by atoms with E-state index in [1.54, 1.807) is 0 Å². The molecule has 0 spiro atoms. The standard InChI is InChI=1S/C12H25N3O/c1-4-10(2)15(3)9-8-14-12(16)11-6-5-7-13-11/h10-11,13H,4-9H2,1-3H3,(H,14,16)/t10?,11-/m1/s1. The van der Waals surface area contributed by atoms with Crippen LogP contribution in [0.4, 0.5) is 0 Å². The molecule has 1 heterocycles. The Balaban J connectivity index is 2.12. The number of amides is 1. The van der Waals surface area contributed by atoms with Gasteiger partial charge in [0, 0.05) is 19.1 Å². The first-order chi connectivity index (χ1) is 7.65. The van der Waals surface area contributed by atoms with E-state index in [9.17, 15) is 4.79 Å². The minimum atomic E-state index is 0.0499. The van der Waals surface area contributed by atoms with Gasteiger partial charge in [0.1, 0.15) is 0 Å². The molecule has 0 bridgehead atoms. The molecule has 1 unspecified atom stereocenters. The molecule has 0 aliphatic carbocycles. The molecule has 0 aromatic carbocycles. The van der Waals surface area contributed by atoms with Crippen LogP contribution in [0.25, 0.3) is 0 Å². The maximum Gasteiger partial charge on any atom is 0.237 e. The Bertz CT molecular complexity index is 214. The van der Waals surface area contributed by atoms with E-state index in [1.165, 1.54) is 0 Å². The number of nitrogens with one attached hydrogen (secondary N) is 2. The quantitative estimate of drug-likeness (QED) is 0.698. The van der Waals surface area contributed by atoms with Crippen molar-refractivity contribution in [2.75, 3.05) is 26.7 Å². The summed E-state index contributed by atoms with van der Waals surface area (Å²) in [6.45, 7) is 7.04. The van der Waals surface area contributed by atoms with E-state index >= 15 is 0 Å². The van der Waals surface area contributed by atoms with E-state index in [0.717, 1.165) is 38.9 Å². The minimum absolute atomic E-state index is 0.0499. The highest BCUT2D eigenvalue weighted by Crippen LogP contribution is 2.04. The van der Waals surface area contributed by atoms with E-state index in [-0.39, 0.29) is 11.9 Å². The molecule has 1 aliphatic heterocycles. The second-order valence-electron chi connectivity index (χ2n) is 4.68. The topological polar surface area (TPSA) is 44.4 Å². The Morgan fingerprint density at radius 3 is 2.94 bits per heavy atom. The zero-order valence-electron chi connectivity index (χ0n) is 10.8. The number of carbonyl (C=O) groups is 1. The predicted octanol–water partition coefficient (Wildman–Crippen LogP) is 0.585. The van der Waals surface area contributed by atoms with Gasteiger partial charge in [-0.15, -0.1) is 0 Å². The summed E-state index contributed by atoms with van der Waals surface area (Å²) in [4.78, 5) is 14.0. The van der Waals surface area contributed by atoms with Crippen molar-refractivity contribution in [3.8, 4) is 0 Å². The summed E-state index contributed by atoms with van der Waals surface area (Å²) in [5.41, 5.74) is 0. The Morgan fingerprint density at radius 2 is 2.38 bits per heavy atom. The van der Waals surface area contributed by atoms with Gasteiger partial charge in [0.15, 0.2) is 0 Å². The van der Waals surface area contributed by atoms with Crippen molar-refractivity contribution < 1.29 is 4.79 Å². The Hall–Kier alpha value is -0.610. The van der Waals surface area contributed by atoms with Gasteiger partial charge >= 0.3 is 0 Å². The lowest BCUT2D eigenvalue weighted by Crippen LogP contribution is -2.44. The lowest BCUT2D eigenvalue weighted by molar-refractivity contribution is -0.122. The van der Waals surface area contributed by atoms with Crippen molar-refractivity contribution >= 4 is 5.91 Å². The van der Waals surface area contributed by atoms with E-state index in [4.69, 9.17) is 0 Å². The highest BCUT2D eigenvalue weighted by molar-refractivity contribution is 5.81. The largest absolute Gasteiger partial charge is 0.353 e. The highest BCUT2D eigenvalue weighted by Gasteiger charge is 2.21. The third kappa shape index (κ3) is 4.10. The summed E-state index contributed by atoms with van der Waals surface area (Å²) in [6, 6.07) is 0.635. The summed E-state index contributed by atoms with van der Waals surface area (Å²) in [6.07, 6.45) is 3.24. The molecule has 2 atom stereocenters. The lowest BCUT2D eigenvalue weighted by Gasteiger charge is -2.23. The van der Waals surface area contributed by atoms with E-state index in [2.05, 4.69) is 36.4 Å². The number of rotatable bonds is 6. The zero-order chi connectivity index (χ0) is 12.0. The number of likely N-dealkylation sites (N-methyl/N-ethyl adjacent to an activating group) is 1. The molecule has 1 fully saturated rings. The van der Waals surface area contributed by atoms with Crippen LogP contribution in [0.15, 0.2) is 0 Å². The van der Waals surface area contributed by atoms with Crippen molar-refractivity contribution in [2.24, 2.45) is 0 Å². The molecule has 1 saturated heterocycles. The van der Waals surface area contributed by atoms with Gasteiger partial charge < -0.3 is 15.5 Å². The SMILES string of the molecule is CCC(C)N(C)CCNC(=O)[C@H]1CCCN1. The summed E-state index contributed by atoms with van der Waals surface area (Å²) in [7, 11) is 2.11. The first-order valence-electron chi connectivity index (χ1n) is 6.36. The van der Waals surface area contributed by atoms with E-state index in [1.807, 2.05) is 0 Å². The van der Waals surface area contributed by atoms with Crippen molar-refractivity contribution in [3.05, 3.63) is 0 Å². The fraction of sp³-hybridized carbons (Fsp3) is 0.917. The van der Waals surface area contributed by atoms with Crippen molar-refractivity contribution in [1.29, 1.82) is 0 Å². The number of hydrogen-bond donors (Lipinski definition) is 2. The second kappa shape index (κ2) is 6.86. The maximum atomic E-state index is 11.7. The molecular weight excluding hydrogens is 202 g/mol. The van der Waals surface area contributed by atoms with Crippen LogP contribution in [0.1, 0.15) is 33.1 Å². The fourth-order valence-corrected chi connectivity index (χ4v) is 1.92. The molecule has 4 heteroatoms.